The zero-order valence-corrected chi connectivity index (χ0v) is 23.5. The van der Waals surface area contributed by atoms with Crippen LogP contribution in [0.1, 0.15) is 34.1 Å². The summed E-state index contributed by atoms with van der Waals surface area (Å²) >= 11 is 0. The van der Waals surface area contributed by atoms with Gasteiger partial charge in [0.1, 0.15) is 29.9 Å². The van der Waals surface area contributed by atoms with Gasteiger partial charge < -0.3 is 29.1 Å². The highest BCUT2D eigenvalue weighted by molar-refractivity contribution is 6.05. The van der Waals surface area contributed by atoms with Crippen LogP contribution in [-0.4, -0.2) is 77.9 Å². The van der Waals surface area contributed by atoms with Crippen molar-refractivity contribution in [3.63, 3.8) is 0 Å². The van der Waals surface area contributed by atoms with Gasteiger partial charge in [-0.3, -0.25) is 14.4 Å². The number of hydrogen-bond donors (Lipinski definition) is 1. The molecule has 212 valence electrons. The third-order valence-electron chi connectivity index (χ3n) is 8.86. The monoisotopic (exact) mass is 540 g/mol. The lowest BCUT2D eigenvalue weighted by Crippen LogP contribution is -2.60. The number of nitrogens with zero attached hydrogens (tertiary/aromatic N) is 2. The normalized spacial score (nSPS) is 31.7. The summed E-state index contributed by atoms with van der Waals surface area (Å²) in [5, 5.41) is 10.4. The molecule has 3 heterocycles. The summed E-state index contributed by atoms with van der Waals surface area (Å²) in [5.41, 5.74) is -1.64. The highest BCUT2D eigenvalue weighted by Gasteiger charge is 2.80. The zero-order chi connectivity index (χ0) is 28.7. The molecule has 7 atom stereocenters. The molecular formula is C30H40N2O7. The second-order valence-corrected chi connectivity index (χ2v) is 11.3. The molecule has 39 heavy (non-hydrogen) atoms. The highest BCUT2D eigenvalue weighted by atomic mass is 16.6. The number of likely N-dealkylation sites (tertiary alicyclic amines) is 1. The van der Waals surface area contributed by atoms with Gasteiger partial charge in [-0.15, -0.1) is 6.58 Å². The molecule has 1 aromatic carbocycles. The third kappa shape index (κ3) is 4.36. The molecule has 0 radical (unpaired) electrons. The Morgan fingerprint density at radius 1 is 1.26 bits per heavy atom. The molecule has 3 aliphatic rings. The first-order valence-electron chi connectivity index (χ1n) is 13.5. The summed E-state index contributed by atoms with van der Waals surface area (Å²) in [6.07, 6.45) is 3.51. The molecule has 3 unspecified atom stereocenters. The maximum atomic E-state index is 14.6. The first-order valence-corrected chi connectivity index (χ1v) is 13.5. The molecule has 0 saturated carbocycles. The van der Waals surface area contributed by atoms with Crippen molar-refractivity contribution in [3.05, 3.63) is 49.6 Å². The number of esters is 1. The molecule has 2 bridgehead atoms. The first kappa shape index (κ1) is 28.8. The number of rotatable bonds is 11. The Labute approximate surface area is 230 Å². The molecule has 0 aliphatic carbocycles. The number of carbonyl (C=O) groups is 3. The van der Waals surface area contributed by atoms with Crippen molar-refractivity contribution in [2.75, 3.05) is 31.8 Å². The molecule has 9 heteroatoms. The fourth-order valence-corrected chi connectivity index (χ4v) is 6.88. The van der Waals surface area contributed by atoms with Crippen LogP contribution in [0.25, 0.3) is 0 Å². The molecule has 4 rings (SSSR count). The number of benzene rings is 1. The van der Waals surface area contributed by atoms with Crippen LogP contribution in [0.3, 0.4) is 0 Å². The summed E-state index contributed by atoms with van der Waals surface area (Å²) in [6.45, 7) is 14.9. The molecular weight excluding hydrogens is 500 g/mol. The Morgan fingerprint density at radius 3 is 2.46 bits per heavy atom. The molecule has 0 aromatic heterocycles. The van der Waals surface area contributed by atoms with Crippen molar-refractivity contribution in [2.45, 2.75) is 57.4 Å². The summed E-state index contributed by atoms with van der Waals surface area (Å²) in [7, 11) is 1.57. The van der Waals surface area contributed by atoms with Gasteiger partial charge in [-0.05, 0) is 49.4 Å². The predicted octanol–water partition coefficient (Wildman–Crippen LogP) is 2.97. The van der Waals surface area contributed by atoms with E-state index in [1.807, 2.05) is 27.7 Å². The predicted molar refractivity (Wildman–Crippen MR) is 146 cm³/mol. The summed E-state index contributed by atoms with van der Waals surface area (Å²) in [5.74, 6) is -2.72. The van der Waals surface area contributed by atoms with Crippen LogP contribution >= 0.6 is 0 Å². The topological polar surface area (TPSA) is 106 Å². The van der Waals surface area contributed by atoms with Gasteiger partial charge in [0.2, 0.25) is 5.91 Å². The molecule has 9 nitrogen and oxygen atoms in total. The van der Waals surface area contributed by atoms with Gasteiger partial charge >= 0.3 is 5.97 Å². The molecule has 3 fully saturated rings. The molecule has 2 amide bonds. The fourth-order valence-electron chi connectivity index (χ4n) is 6.88. The van der Waals surface area contributed by atoms with E-state index in [2.05, 4.69) is 13.2 Å². The van der Waals surface area contributed by atoms with E-state index in [1.165, 1.54) is 11.0 Å². The molecule has 1 N–H and O–H groups in total. The average Bonchev–Trinajstić information content (AvgIpc) is 3.42. The number of hydrogen-bond acceptors (Lipinski definition) is 7. The van der Waals surface area contributed by atoms with E-state index in [-0.39, 0.29) is 43.4 Å². The Hall–Kier alpha value is -3.17. The van der Waals surface area contributed by atoms with Crippen LogP contribution in [0.4, 0.5) is 5.69 Å². The Bertz CT molecular complexity index is 1130. The summed E-state index contributed by atoms with van der Waals surface area (Å²) < 4.78 is 17.5. The molecule has 3 aliphatic heterocycles. The number of fused-ring (bicyclic) bond motifs is 1. The van der Waals surface area contributed by atoms with Gasteiger partial charge in [-0.25, -0.2) is 0 Å². The van der Waals surface area contributed by atoms with Gasteiger partial charge in [0, 0.05) is 12.2 Å². The van der Waals surface area contributed by atoms with E-state index in [4.69, 9.17) is 14.2 Å². The van der Waals surface area contributed by atoms with Crippen LogP contribution in [0, 0.1) is 23.7 Å². The zero-order valence-electron chi connectivity index (χ0n) is 23.5. The van der Waals surface area contributed by atoms with Crippen LogP contribution < -0.4 is 9.64 Å². The Balaban J connectivity index is 1.87. The lowest BCUT2D eigenvalue weighted by atomic mass is 9.62. The largest absolute Gasteiger partial charge is 0.497 e. The number of carbonyl (C=O) groups excluding carboxylic acids is 3. The minimum Gasteiger partial charge on any atom is -0.497 e. The number of aliphatic hydroxyl groups is 1. The standard InChI is InChI=1S/C30H40N2O7/c1-8-14-31(20-10-12-21(37-7)13-11-20)27(35)25-30-16-19(5)29(6,39-30)24(28(36)38-15-9-2)23(30)26(34)32(25)22(17-33)18(3)4/h8-13,18-19,22-25,33H,1-2,14-17H2,3-7H3/t19?,22-,23-,24-,25?,29+,30?/m0/s1. The maximum Gasteiger partial charge on any atom is 0.313 e. The van der Waals surface area contributed by atoms with E-state index in [1.54, 1.807) is 42.4 Å². The van der Waals surface area contributed by atoms with E-state index in [0.717, 1.165) is 0 Å². The van der Waals surface area contributed by atoms with Crippen LogP contribution in [-0.2, 0) is 23.9 Å². The van der Waals surface area contributed by atoms with Crippen LogP contribution in [0.15, 0.2) is 49.6 Å². The number of anilines is 1. The summed E-state index contributed by atoms with van der Waals surface area (Å²) in [4.78, 5) is 45.4. The van der Waals surface area contributed by atoms with Gasteiger partial charge in [-0.1, -0.05) is 39.5 Å². The lowest BCUT2D eigenvalue weighted by Gasteiger charge is -2.40. The summed E-state index contributed by atoms with van der Waals surface area (Å²) in [6, 6.07) is 5.36. The molecule has 1 aromatic rings. The minimum atomic E-state index is -1.26. The number of ether oxygens (including phenoxy) is 3. The fraction of sp³-hybridized carbons (Fsp3) is 0.567. The van der Waals surface area contributed by atoms with E-state index in [9.17, 15) is 19.5 Å². The smallest absolute Gasteiger partial charge is 0.313 e. The maximum absolute atomic E-state index is 14.6. The van der Waals surface area contributed by atoms with Gasteiger partial charge in [0.05, 0.1) is 31.3 Å². The Morgan fingerprint density at radius 2 is 1.92 bits per heavy atom. The van der Waals surface area contributed by atoms with E-state index >= 15 is 0 Å². The minimum absolute atomic E-state index is 0.00954. The van der Waals surface area contributed by atoms with Crippen molar-refractivity contribution in [2.24, 2.45) is 23.7 Å². The SMILES string of the molecule is C=CCOC(=O)[C@@H]1[C@H]2C(=O)N([C@@H](CO)C(C)C)C(C(=O)N(CC=C)c3ccc(OC)cc3)C23CC(C)[C@@]1(C)O3. The van der Waals surface area contributed by atoms with Crippen LogP contribution in [0.2, 0.25) is 0 Å². The van der Waals surface area contributed by atoms with Crippen molar-refractivity contribution >= 4 is 23.5 Å². The quantitative estimate of drug-likeness (QED) is 0.340. The number of amides is 2. The lowest BCUT2D eigenvalue weighted by molar-refractivity contribution is -0.162. The van der Waals surface area contributed by atoms with Gasteiger partial charge in [-0.2, -0.15) is 0 Å². The number of methoxy groups -OCH3 is 1. The van der Waals surface area contributed by atoms with Crippen LogP contribution in [0.5, 0.6) is 5.75 Å². The van der Waals surface area contributed by atoms with Gasteiger partial charge in [0.25, 0.3) is 5.91 Å². The number of aliphatic hydroxyl groups excluding tert-OH is 1. The van der Waals surface area contributed by atoms with E-state index < -0.39 is 41.1 Å². The van der Waals surface area contributed by atoms with Crippen molar-refractivity contribution in [1.82, 2.24) is 4.90 Å². The third-order valence-corrected chi connectivity index (χ3v) is 8.86. The van der Waals surface area contributed by atoms with Crippen molar-refractivity contribution < 1.29 is 33.7 Å². The second-order valence-electron chi connectivity index (χ2n) is 11.3. The second kappa shape index (κ2) is 10.8. The van der Waals surface area contributed by atoms with E-state index in [0.29, 0.717) is 17.9 Å². The molecule has 3 saturated heterocycles. The van der Waals surface area contributed by atoms with Crippen molar-refractivity contribution in [1.29, 1.82) is 0 Å². The highest BCUT2D eigenvalue weighted by Crippen LogP contribution is 2.66. The first-order chi connectivity index (χ1) is 18.5. The average molecular weight is 541 g/mol. The molecule has 1 spiro atoms. The Kier molecular flexibility index (Phi) is 7.96. The van der Waals surface area contributed by atoms with Gasteiger partial charge in [0.15, 0.2) is 0 Å². The van der Waals surface area contributed by atoms with Crippen molar-refractivity contribution in [3.8, 4) is 5.75 Å².